The number of pyridine rings is 1. The molecule has 1 atom stereocenters. The number of carbonyl (C=O) groups excluding carboxylic acids is 1. The van der Waals surface area contributed by atoms with E-state index in [0.29, 0.717) is 31.0 Å². The summed E-state index contributed by atoms with van der Waals surface area (Å²) in [4.78, 5) is 16.0. The molecule has 0 aromatic carbocycles. The van der Waals surface area contributed by atoms with E-state index in [9.17, 15) is 13.2 Å². The molecule has 22 heavy (non-hydrogen) atoms. The number of rotatable bonds is 7. The van der Waals surface area contributed by atoms with Crippen molar-refractivity contribution in [3.05, 3.63) is 23.9 Å². The summed E-state index contributed by atoms with van der Waals surface area (Å²) in [6.07, 6.45) is 2.83. The summed E-state index contributed by atoms with van der Waals surface area (Å²) in [6, 6.07) is 3.26. The quantitative estimate of drug-likeness (QED) is 0.706. The Labute approximate surface area is 130 Å². The first-order chi connectivity index (χ1) is 10.5. The van der Waals surface area contributed by atoms with Crippen LogP contribution in [0.1, 0.15) is 23.2 Å². The predicted octanol–water partition coefficient (Wildman–Crippen LogP) is 0.447. The van der Waals surface area contributed by atoms with Crippen LogP contribution in [-0.2, 0) is 14.6 Å². The third-order valence-corrected chi connectivity index (χ3v) is 5.19. The normalized spacial score (nSPS) is 19.8. The van der Waals surface area contributed by atoms with Crippen molar-refractivity contribution in [2.75, 3.05) is 37.1 Å². The Bertz CT molecular complexity index is 601. The summed E-state index contributed by atoms with van der Waals surface area (Å²) in [5.74, 6) is 0.750. The number of hydrogen-bond acceptors (Lipinski definition) is 6. The van der Waals surface area contributed by atoms with Crippen LogP contribution in [0.2, 0.25) is 0 Å². The van der Waals surface area contributed by atoms with Crippen molar-refractivity contribution in [3.8, 4) is 0 Å². The monoisotopic (exact) mass is 327 g/mol. The van der Waals surface area contributed by atoms with Crippen LogP contribution in [-0.4, -0.2) is 57.1 Å². The van der Waals surface area contributed by atoms with Crippen LogP contribution in [0.4, 0.5) is 5.82 Å². The van der Waals surface area contributed by atoms with Gasteiger partial charge in [0.25, 0.3) is 5.91 Å². The minimum Gasteiger partial charge on any atom is -0.385 e. The summed E-state index contributed by atoms with van der Waals surface area (Å²) in [6.45, 7) is 1.15. The topological polar surface area (TPSA) is 97.4 Å². The molecule has 0 aliphatic carbocycles. The summed E-state index contributed by atoms with van der Waals surface area (Å²) in [5, 5.41) is 5.86. The third-order valence-electron chi connectivity index (χ3n) is 3.42. The highest BCUT2D eigenvalue weighted by Crippen LogP contribution is 2.16. The van der Waals surface area contributed by atoms with Gasteiger partial charge in [0, 0.05) is 32.5 Å². The molecule has 0 spiro atoms. The number of anilines is 1. The first kappa shape index (κ1) is 16.7. The summed E-state index contributed by atoms with van der Waals surface area (Å²) in [5.41, 5.74) is 0.474. The zero-order chi connectivity index (χ0) is 16.0. The number of aromatic nitrogens is 1. The van der Waals surface area contributed by atoms with Crippen molar-refractivity contribution < 1.29 is 17.9 Å². The van der Waals surface area contributed by atoms with Gasteiger partial charge in [-0.3, -0.25) is 4.79 Å². The molecule has 8 heteroatoms. The van der Waals surface area contributed by atoms with Crippen molar-refractivity contribution in [2.24, 2.45) is 0 Å². The predicted molar refractivity (Wildman–Crippen MR) is 83.7 cm³/mol. The number of amides is 1. The van der Waals surface area contributed by atoms with E-state index < -0.39 is 9.84 Å². The molecule has 2 heterocycles. The second kappa shape index (κ2) is 7.55. The van der Waals surface area contributed by atoms with Crippen LogP contribution in [0.15, 0.2) is 18.3 Å². The molecule has 0 bridgehead atoms. The number of nitrogens with zero attached hydrogens (tertiary/aromatic N) is 1. The molecule has 1 unspecified atom stereocenters. The van der Waals surface area contributed by atoms with E-state index in [1.54, 1.807) is 19.2 Å². The molecular weight excluding hydrogens is 306 g/mol. The van der Waals surface area contributed by atoms with Crippen LogP contribution in [0.5, 0.6) is 0 Å². The molecule has 1 amide bonds. The van der Waals surface area contributed by atoms with Crippen molar-refractivity contribution in [3.63, 3.8) is 0 Å². The molecule has 1 saturated heterocycles. The number of nitrogens with one attached hydrogen (secondary N) is 2. The van der Waals surface area contributed by atoms with E-state index in [4.69, 9.17) is 4.74 Å². The molecular formula is C14H21N3O4S. The highest BCUT2D eigenvalue weighted by molar-refractivity contribution is 7.91. The van der Waals surface area contributed by atoms with Gasteiger partial charge in [0.05, 0.1) is 17.1 Å². The second-order valence-corrected chi connectivity index (χ2v) is 7.51. The molecule has 1 aromatic heterocycles. The lowest BCUT2D eigenvalue weighted by Crippen LogP contribution is -2.25. The van der Waals surface area contributed by atoms with Crippen molar-refractivity contribution in [2.45, 2.75) is 18.9 Å². The minimum absolute atomic E-state index is 0.105. The van der Waals surface area contributed by atoms with Gasteiger partial charge in [0.2, 0.25) is 0 Å². The Morgan fingerprint density at radius 3 is 2.86 bits per heavy atom. The largest absolute Gasteiger partial charge is 0.385 e. The fraction of sp³-hybridized carbons (Fsp3) is 0.571. The van der Waals surface area contributed by atoms with Gasteiger partial charge in [-0.15, -0.1) is 0 Å². The summed E-state index contributed by atoms with van der Waals surface area (Å²) >= 11 is 0. The van der Waals surface area contributed by atoms with E-state index in [1.807, 2.05) is 0 Å². The molecule has 7 nitrogen and oxygen atoms in total. The van der Waals surface area contributed by atoms with E-state index >= 15 is 0 Å². The Balaban J connectivity index is 1.83. The summed E-state index contributed by atoms with van der Waals surface area (Å²) in [7, 11) is -1.30. The van der Waals surface area contributed by atoms with Gasteiger partial charge in [-0.25, -0.2) is 13.4 Å². The van der Waals surface area contributed by atoms with Gasteiger partial charge in [-0.1, -0.05) is 0 Å². The molecule has 1 aliphatic rings. The van der Waals surface area contributed by atoms with Gasteiger partial charge >= 0.3 is 0 Å². The maximum atomic E-state index is 11.9. The molecule has 0 radical (unpaired) electrons. The second-order valence-electron chi connectivity index (χ2n) is 5.28. The molecule has 0 saturated carbocycles. The van der Waals surface area contributed by atoms with Crippen LogP contribution in [0.3, 0.4) is 0 Å². The molecule has 1 aromatic rings. The number of sulfone groups is 1. The van der Waals surface area contributed by atoms with E-state index in [2.05, 4.69) is 15.6 Å². The summed E-state index contributed by atoms with van der Waals surface area (Å²) < 4.78 is 27.7. The van der Waals surface area contributed by atoms with Gasteiger partial charge in [-0.2, -0.15) is 0 Å². The fourth-order valence-electron chi connectivity index (χ4n) is 2.25. The van der Waals surface area contributed by atoms with Crippen LogP contribution >= 0.6 is 0 Å². The smallest absolute Gasteiger partial charge is 0.252 e. The van der Waals surface area contributed by atoms with Crippen molar-refractivity contribution in [1.82, 2.24) is 10.3 Å². The maximum absolute atomic E-state index is 11.9. The molecule has 1 fully saturated rings. The zero-order valence-corrected chi connectivity index (χ0v) is 13.4. The highest BCUT2D eigenvalue weighted by atomic mass is 32.2. The van der Waals surface area contributed by atoms with Gasteiger partial charge in [-0.05, 0) is 25.0 Å². The Morgan fingerprint density at radius 2 is 2.27 bits per heavy atom. The molecule has 1 aliphatic heterocycles. The van der Waals surface area contributed by atoms with Crippen molar-refractivity contribution in [1.29, 1.82) is 0 Å². The standard InChI is InChI=1S/C14H21N3O4S/c1-21-7-2-6-15-14(18)11-3-4-13(16-9-11)17-12-5-8-22(19,20)10-12/h3-4,9,12H,2,5-8,10H2,1H3,(H,15,18)(H,16,17). The number of methoxy groups -OCH3 is 1. The minimum atomic E-state index is -2.92. The number of ether oxygens (including phenoxy) is 1. The van der Waals surface area contributed by atoms with Crippen LogP contribution in [0, 0.1) is 0 Å². The van der Waals surface area contributed by atoms with E-state index in [0.717, 1.165) is 6.42 Å². The zero-order valence-electron chi connectivity index (χ0n) is 12.5. The fourth-order valence-corrected chi connectivity index (χ4v) is 3.93. The lowest BCUT2D eigenvalue weighted by molar-refractivity contribution is 0.0948. The molecule has 2 rings (SSSR count). The number of hydrogen-bond donors (Lipinski definition) is 2. The van der Waals surface area contributed by atoms with Gasteiger partial charge < -0.3 is 15.4 Å². The average molecular weight is 327 g/mol. The van der Waals surface area contributed by atoms with Gasteiger partial charge in [0.15, 0.2) is 9.84 Å². The lowest BCUT2D eigenvalue weighted by Gasteiger charge is -2.11. The van der Waals surface area contributed by atoms with E-state index in [1.165, 1.54) is 6.20 Å². The van der Waals surface area contributed by atoms with Crippen molar-refractivity contribution >= 4 is 21.6 Å². The first-order valence-electron chi connectivity index (χ1n) is 7.20. The number of carbonyl (C=O) groups is 1. The van der Waals surface area contributed by atoms with Crippen LogP contribution in [0.25, 0.3) is 0 Å². The molecule has 122 valence electrons. The van der Waals surface area contributed by atoms with E-state index in [-0.39, 0.29) is 23.5 Å². The van der Waals surface area contributed by atoms with Crippen LogP contribution < -0.4 is 10.6 Å². The average Bonchev–Trinajstić information content (AvgIpc) is 2.83. The van der Waals surface area contributed by atoms with Gasteiger partial charge in [0.1, 0.15) is 5.82 Å². The first-order valence-corrected chi connectivity index (χ1v) is 9.02. The third kappa shape index (κ3) is 4.96. The Morgan fingerprint density at radius 1 is 1.45 bits per heavy atom. The SMILES string of the molecule is COCCCNC(=O)c1ccc(NC2CCS(=O)(=O)C2)nc1. The Kier molecular flexibility index (Phi) is 5.73. The highest BCUT2D eigenvalue weighted by Gasteiger charge is 2.27. The Hall–Kier alpha value is -1.67. The maximum Gasteiger partial charge on any atom is 0.252 e. The lowest BCUT2D eigenvalue weighted by atomic mass is 10.2. The molecule has 2 N–H and O–H groups in total.